The molecule has 144 heavy (non-hydrogen) atoms. The third kappa shape index (κ3) is 26.2. The summed E-state index contributed by atoms with van der Waals surface area (Å²) in [6.07, 6.45) is 5.93. The molecule has 9 N–H and O–H groups in total. The molecule has 8 aliphatic rings. The summed E-state index contributed by atoms with van der Waals surface area (Å²) in [5.74, 6) is -2.91. The van der Waals surface area contributed by atoms with Crippen LogP contribution in [0.4, 0.5) is 39.8 Å². The molecular formula is C99H151N15O23P4S3. The first kappa shape index (κ1) is 118. The fraction of sp³-hybridized carbons (Fsp3) is 0.586. The van der Waals surface area contributed by atoms with E-state index in [0.717, 1.165) is 45.0 Å². The lowest BCUT2D eigenvalue weighted by molar-refractivity contribution is -0.131. The summed E-state index contributed by atoms with van der Waals surface area (Å²) in [4.78, 5) is 73.5. The van der Waals surface area contributed by atoms with Gasteiger partial charge in [0, 0.05) is 45.3 Å². The largest absolute Gasteiger partial charge is 0.509 e. The molecule has 8 heterocycles. The number of hydrogen-bond acceptors (Lipinski definition) is 27. The molecule has 12 rings (SSSR count). The number of carbonyl (C=O) groups is 5. The monoisotopic (exact) mass is 2140 g/mol. The Hall–Kier alpha value is -9.52. The molecule has 0 aliphatic carbocycles. The van der Waals surface area contributed by atoms with Crippen molar-refractivity contribution in [3.05, 3.63) is 124 Å². The van der Waals surface area contributed by atoms with Gasteiger partial charge in [-0.05, 0) is 178 Å². The highest BCUT2D eigenvalue weighted by Crippen LogP contribution is 2.59. The summed E-state index contributed by atoms with van der Waals surface area (Å²) in [6, 6.07) is 18.6. The Morgan fingerprint density at radius 1 is 0.438 bits per heavy atom. The van der Waals surface area contributed by atoms with Crippen LogP contribution in [0.5, 0.6) is 0 Å². The smallest absolute Gasteiger partial charge is 0.348 e. The van der Waals surface area contributed by atoms with Gasteiger partial charge in [0.1, 0.15) is 50.9 Å². The molecule has 4 aromatic rings. The van der Waals surface area contributed by atoms with Crippen molar-refractivity contribution in [2.45, 2.75) is 257 Å². The highest BCUT2D eigenvalue weighted by atomic mass is 32.2. The normalized spacial score (nSPS) is 23.2. The van der Waals surface area contributed by atoms with Crippen LogP contribution in [0.15, 0.2) is 143 Å². The van der Waals surface area contributed by atoms with E-state index in [2.05, 4.69) is 128 Å². The van der Waals surface area contributed by atoms with Gasteiger partial charge in [-0.2, -0.15) is 19.1 Å². The van der Waals surface area contributed by atoms with E-state index in [1.807, 2.05) is 89.2 Å². The van der Waals surface area contributed by atoms with Crippen LogP contribution in [0.3, 0.4) is 0 Å². The number of anilines is 7. The van der Waals surface area contributed by atoms with E-state index in [4.69, 9.17) is 18.1 Å². The van der Waals surface area contributed by atoms with E-state index in [1.165, 1.54) is 40.7 Å². The minimum absolute atomic E-state index is 0.00151. The van der Waals surface area contributed by atoms with Crippen molar-refractivity contribution in [3.8, 4) is 0 Å². The molecule has 0 bridgehead atoms. The highest BCUT2D eigenvalue weighted by molar-refractivity contribution is 7.93. The molecule has 38 nitrogen and oxygen atoms in total. The quantitative estimate of drug-likeness (QED) is 0.0238. The van der Waals surface area contributed by atoms with Crippen molar-refractivity contribution in [2.75, 3.05) is 113 Å². The van der Waals surface area contributed by atoms with Gasteiger partial charge in [-0.3, -0.25) is 51.3 Å². The number of amides is 5. The van der Waals surface area contributed by atoms with E-state index < -0.39 is 124 Å². The molecule has 8 aliphatic heterocycles. The SMILES string of the molecule is CCOP1(=O)N=C(C2=C(O)C(C(C)(C)C)N(CCC(C)(C)C)C2=O)Nc2ccc(N(CC)S(C)(=O)=O)cc21.CCOP1(=O)N=C(C2=C(O)C(C(C)(C)C)N(CCC(C)(C)C)C2=O)Nc2ccccc21.CCOP1(=O)N=C(C2=C(O)C(C)(C(C)C)N(CCC(C)(C)C)C2=O)Nc2ccc(NS(C)(=O)=O)cc21.CCOP1(=O)N=C(C2=C(O)[C@H](C(C)(C)C)N(CCC(C)(C)C)C2=O)Nc2ccc(N(C(C)=O)S(C)(=O)=O)cc21. The van der Waals surface area contributed by atoms with E-state index in [9.17, 15) is 87.9 Å². The molecule has 5 amide bonds. The van der Waals surface area contributed by atoms with E-state index in [-0.39, 0.29) is 168 Å². The fourth-order valence-corrected chi connectivity index (χ4v) is 27.5. The maximum absolute atomic E-state index is 14.1. The van der Waals surface area contributed by atoms with Gasteiger partial charge in [0.2, 0.25) is 36.0 Å². The average molecular weight is 2140 g/mol. The van der Waals surface area contributed by atoms with Crippen LogP contribution in [0, 0.1) is 43.8 Å². The lowest BCUT2D eigenvalue weighted by atomic mass is 9.84. The Bertz CT molecular complexity index is 6540. The first-order valence-corrected chi connectivity index (χ1v) is 60.1. The zero-order valence-corrected chi connectivity index (χ0v) is 95.6. The van der Waals surface area contributed by atoms with Gasteiger partial charge < -0.3 is 79.4 Å². The predicted molar refractivity (Wildman–Crippen MR) is 575 cm³/mol. The Kier molecular flexibility index (Phi) is 35.2. The molecule has 4 aromatic carbocycles. The summed E-state index contributed by atoms with van der Waals surface area (Å²) >= 11 is 0. The van der Waals surface area contributed by atoms with E-state index in [1.54, 1.807) is 90.6 Å². The van der Waals surface area contributed by atoms with Crippen LogP contribution < -0.4 is 55.8 Å². The molecule has 798 valence electrons. The van der Waals surface area contributed by atoms with Crippen molar-refractivity contribution in [1.29, 1.82) is 0 Å². The summed E-state index contributed by atoms with van der Waals surface area (Å²) in [5, 5.41) is 58.5. The number of para-hydroxylation sites is 1. The minimum atomic E-state index is -4.06. The van der Waals surface area contributed by atoms with Gasteiger partial charge in [-0.25, -0.2) is 29.6 Å². The van der Waals surface area contributed by atoms with E-state index in [0.29, 0.717) is 65.0 Å². The molecule has 0 fully saturated rings. The Morgan fingerprint density at radius 3 is 1.05 bits per heavy atom. The molecule has 45 heteroatoms. The molecular weight excluding hydrogens is 1990 g/mol. The predicted octanol–water partition coefficient (Wildman–Crippen LogP) is 18.0. The number of carbonyl (C=O) groups excluding carboxylic acids is 5. The molecule has 0 saturated heterocycles. The lowest BCUT2D eigenvalue weighted by Crippen LogP contribution is -2.50. The number of aliphatic hydroxyl groups is 4. The van der Waals surface area contributed by atoms with Crippen LogP contribution >= 0.6 is 30.1 Å². The average Bonchev–Trinajstić information content (AvgIpc) is 1.56. The van der Waals surface area contributed by atoms with Gasteiger partial charge in [-0.15, -0.1) is 0 Å². The zero-order valence-electron chi connectivity index (χ0n) is 89.5. The highest BCUT2D eigenvalue weighted by Gasteiger charge is 2.57. The van der Waals surface area contributed by atoms with Gasteiger partial charge in [-0.1, -0.05) is 171 Å². The maximum atomic E-state index is 14.1. The van der Waals surface area contributed by atoms with Crippen LogP contribution in [0.1, 0.15) is 233 Å². The Labute approximate surface area is 851 Å². The van der Waals surface area contributed by atoms with Crippen molar-refractivity contribution in [3.63, 3.8) is 0 Å². The van der Waals surface area contributed by atoms with Crippen molar-refractivity contribution in [2.24, 2.45) is 62.9 Å². The van der Waals surface area contributed by atoms with Crippen molar-refractivity contribution in [1.82, 2.24) is 19.6 Å². The third-order valence-electron chi connectivity index (χ3n) is 24.9. The van der Waals surface area contributed by atoms with Crippen LogP contribution in [0.2, 0.25) is 0 Å². The summed E-state index contributed by atoms with van der Waals surface area (Å²) in [5.41, 5.74) is -0.444. The maximum Gasteiger partial charge on any atom is 0.348 e. The summed E-state index contributed by atoms with van der Waals surface area (Å²) in [6.45, 7) is 60.2. The molecule has 0 saturated carbocycles. The second-order valence-corrected chi connectivity index (χ2v) is 58.8. The number of nitrogens with one attached hydrogen (secondary N) is 5. The number of hydrogen-bond donors (Lipinski definition) is 9. The first-order valence-electron chi connectivity index (χ1n) is 48.2. The number of benzene rings is 4. The van der Waals surface area contributed by atoms with Crippen molar-refractivity contribution < 1.29 is 106 Å². The van der Waals surface area contributed by atoms with Gasteiger partial charge in [0.15, 0.2) is 23.3 Å². The first-order chi connectivity index (χ1) is 65.8. The summed E-state index contributed by atoms with van der Waals surface area (Å²) < 4.78 is 172. The van der Waals surface area contributed by atoms with E-state index >= 15 is 0 Å². The second kappa shape index (κ2) is 43.0. The topological polar surface area (TPSA) is 503 Å². The number of nitrogens with zero attached hydrogens (tertiary/aromatic N) is 10. The number of sulfonamides is 3. The van der Waals surface area contributed by atoms with Gasteiger partial charge in [0.25, 0.3) is 23.6 Å². The minimum Gasteiger partial charge on any atom is -0.509 e. The number of aliphatic hydroxyl groups excluding tert-OH is 4. The zero-order chi connectivity index (χ0) is 109. The standard InChI is InChI=1S/C26H39N4O7PS.C26H41N4O6PS.C24H37N4O6PS.C23H34N3O4P/c1-10-37-38(34)19-15-17(30(16(2)31)39(9,35)36)11-12-18(19)27-23(28-38)20-21(32)22(26(6,7)8)29(24(20)33)14-13-25(3,4)5;1-10-30(38(9,34)35)17-12-13-18-19(16-17)37(33,36-11-2)28-23(27-18)20-21(31)22(26(6,7)8)29(24(20)32)15-14-25(3,4)5;1-9-34-35(31)18-14-16(27-36(8,32)33)10-11-17(18)25-21(26-35)19-20(29)24(7,15(2)3)28(22(19)30)13-12-23(4,5)6;1-8-30-31(29)16-12-10-9-11-15(16)24-20(25-31)17-18(27)19(23(5,6)7)26(21(17)28)14-13-22(2,3)4/h11-12,15,22,32H,10,13-14H2,1-9H3,(H,27,28,34);12-13,16,22,31H,10-11,14-15H2,1-9H3,(H,27,28,33);10-11,14-15,27,29H,9,12-13H2,1-8H3,(H,25,26,31);9-12,19,27H,8,13-14H2,1-7H3,(H,24,25,29)/t22-,38?;;;/m1.../s1. The fourth-order valence-electron chi connectivity index (χ4n) is 17.8. The Morgan fingerprint density at radius 2 is 0.743 bits per heavy atom. The van der Waals surface area contributed by atoms with Crippen molar-refractivity contribution >= 4 is 174 Å². The molecule has 0 spiro atoms. The van der Waals surface area contributed by atoms with Crippen LogP contribution in [0.25, 0.3) is 0 Å². The van der Waals surface area contributed by atoms with Crippen LogP contribution in [-0.4, -0.2) is 220 Å². The molecule has 8 atom stereocenters. The molecule has 0 radical (unpaired) electrons. The second-order valence-electron chi connectivity index (χ2n) is 45.4. The van der Waals surface area contributed by atoms with Gasteiger partial charge in [0.05, 0.1) is 119 Å². The van der Waals surface area contributed by atoms with Gasteiger partial charge >= 0.3 is 30.1 Å². The lowest BCUT2D eigenvalue weighted by Gasteiger charge is -2.40. The molecule has 7 unspecified atom stereocenters. The third-order valence-corrected chi connectivity index (χ3v) is 36.2. The van der Waals surface area contributed by atoms with Crippen LogP contribution in [-0.2, 0) is 90.4 Å². The molecule has 0 aromatic heterocycles. The summed E-state index contributed by atoms with van der Waals surface area (Å²) in [7, 11) is -26.6. The number of amidine groups is 4. The number of rotatable bonds is 28. The Balaban J connectivity index is 0.000000215. The number of fused-ring (bicyclic) bond motifs is 4.